The van der Waals surface area contributed by atoms with Gasteiger partial charge in [0.05, 0.1) is 6.20 Å². The molecule has 0 aromatic heterocycles. The Labute approximate surface area is 55.3 Å². The molecule has 0 aromatic rings. The van der Waals surface area contributed by atoms with Crippen LogP contribution in [0.25, 0.3) is 0 Å². The van der Waals surface area contributed by atoms with Gasteiger partial charge in [-0.15, -0.1) is 10.0 Å². The Morgan fingerprint density at radius 3 is 3.11 bits per heavy atom. The van der Waals surface area contributed by atoms with Crippen LogP contribution in [-0.4, -0.2) is 16.4 Å². The zero-order valence-electron chi connectivity index (χ0n) is 4.27. The van der Waals surface area contributed by atoms with Crippen molar-refractivity contribution in [3.63, 3.8) is 0 Å². The van der Waals surface area contributed by atoms with E-state index in [1.807, 2.05) is 0 Å². The van der Waals surface area contributed by atoms with Crippen LogP contribution in [0.3, 0.4) is 0 Å². The molecule has 0 radical (unpaired) electrons. The van der Waals surface area contributed by atoms with Gasteiger partial charge in [0.15, 0.2) is 0 Å². The highest BCUT2D eigenvalue weighted by molar-refractivity contribution is 8.00. The summed E-state index contributed by atoms with van der Waals surface area (Å²) in [7, 11) is 0. The number of hydrazine groups is 1. The second-order valence-corrected chi connectivity index (χ2v) is 1.87. The molecule has 1 aliphatic rings. The van der Waals surface area contributed by atoms with Crippen molar-refractivity contribution in [1.29, 1.82) is 0 Å². The Morgan fingerprint density at radius 2 is 2.67 bits per heavy atom. The molecular formula is C3H4N2O3S. The van der Waals surface area contributed by atoms with Crippen LogP contribution in [0, 0.1) is 0 Å². The van der Waals surface area contributed by atoms with E-state index >= 15 is 0 Å². The number of nitrogens with one attached hydrogen (secondary N) is 1. The molecule has 0 unspecified atom stereocenters. The fraction of sp³-hybridized carbons (Fsp3) is 0. The number of carboxylic acid groups (broad SMARTS) is 1. The lowest BCUT2D eigenvalue weighted by Gasteiger charge is -2.09. The second kappa shape index (κ2) is 2.60. The lowest BCUT2D eigenvalue weighted by molar-refractivity contribution is -0.0939. The molecule has 9 heavy (non-hydrogen) atoms. The number of hydroxylamine groups is 1. The van der Waals surface area contributed by atoms with Crippen LogP contribution < -0.4 is 4.83 Å². The van der Waals surface area contributed by atoms with Crippen molar-refractivity contribution in [3.05, 3.63) is 11.6 Å². The number of hydrogen-bond donors (Lipinski definition) is 2. The smallest absolute Gasteiger partial charge is 0.448 e. The summed E-state index contributed by atoms with van der Waals surface area (Å²) in [6, 6.07) is 0. The summed E-state index contributed by atoms with van der Waals surface area (Å²) < 4.78 is 0. The minimum Gasteiger partial charge on any atom is -0.448 e. The maximum absolute atomic E-state index is 9.81. The van der Waals surface area contributed by atoms with Gasteiger partial charge in [-0.3, -0.25) is 4.84 Å². The predicted octanol–water partition coefficient (Wildman–Crippen LogP) is 0.536. The molecule has 0 aromatic carbocycles. The lowest BCUT2D eigenvalue weighted by Crippen LogP contribution is -2.26. The van der Waals surface area contributed by atoms with E-state index in [2.05, 4.69) is 9.67 Å². The van der Waals surface area contributed by atoms with E-state index in [1.165, 1.54) is 18.1 Å². The third kappa shape index (κ3) is 1.82. The van der Waals surface area contributed by atoms with Gasteiger partial charge in [0, 0.05) is 5.41 Å². The highest BCUT2D eigenvalue weighted by atomic mass is 32.2. The third-order valence-corrected chi connectivity index (χ3v) is 1.13. The zero-order valence-corrected chi connectivity index (χ0v) is 5.09. The fourth-order valence-corrected chi connectivity index (χ4v) is 0.766. The second-order valence-electron chi connectivity index (χ2n) is 1.18. The fourth-order valence-electron chi connectivity index (χ4n) is 0.332. The van der Waals surface area contributed by atoms with Crippen molar-refractivity contribution in [2.24, 2.45) is 0 Å². The Kier molecular flexibility index (Phi) is 1.81. The third-order valence-electron chi connectivity index (χ3n) is 0.583. The maximum Gasteiger partial charge on any atom is 0.532 e. The Balaban J connectivity index is 2.28. The quantitative estimate of drug-likeness (QED) is 0.529. The molecular weight excluding hydrogens is 144 g/mol. The number of carbonyl (C=O) groups is 1. The summed E-state index contributed by atoms with van der Waals surface area (Å²) in [5.41, 5.74) is 0. The van der Waals surface area contributed by atoms with Gasteiger partial charge in [0.1, 0.15) is 0 Å². The predicted molar refractivity (Wildman–Crippen MR) is 30.8 cm³/mol. The summed E-state index contributed by atoms with van der Waals surface area (Å²) >= 11 is 1.23. The summed E-state index contributed by atoms with van der Waals surface area (Å²) in [4.78, 5) is 16.5. The highest BCUT2D eigenvalue weighted by Crippen LogP contribution is 2.07. The molecule has 1 aliphatic heterocycles. The summed E-state index contributed by atoms with van der Waals surface area (Å²) in [6.07, 6.45) is 0.119. The largest absolute Gasteiger partial charge is 0.532 e. The van der Waals surface area contributed by atoms with Crippen LogP contribution in [0.15, 0.2) is 11.6 Å². The molecule has 0 saturated carbocycles. The van der Waals surface area contributed by atoms with E-state index in [0.29, 0.717) is 0 Å². The van der Waals surface area contributed by atoms with E-state index in [1.54, 1.807) is 5.41 Å². The van der Waals surface area contributed by atoms with Gasteiger partial charge in [0.2, 0.25) is 0 Å². The van der Waals surface area contributed by atoms with E-state index in [9.17, 15) is 4.79 Å². The molecule has 0 fully saturated rings. The summed E-state index contributed by atoms with van der Waals surface area (Å²) in [5.74, 6) is 0. The number of rotatable bonds is 1. The first-order chi connectivity index (χ1) is 4.29. The molecule has 0 bridgehead atoms. The molecule has 6 heteroatoms. The van der Waals surface area contributed by atoms with Crippen LogP contribution in [0.5, 0.6) is 0 Å². The first-order valence-corrected chi connectivity index (χ1v) is 2.95. The topological polar surface area (TPSA) is 61.8 Å². The van der Waals surface area contributed by atoms with Crippen LogP contribution in [-0.2, 0) is 4.84 Å². The molecule has 0 spiro atoms. The molecule has 1 rings (SSSR count). The molecule has 0 aliphatic carbocycles. The average molecular weight is 148 g/mol. The van der Waals surface area contributed by atoms with E-state index in [-0.39, 0.29) is 0 Å². The van der Waals surface area contributed by atoms with E-state index in [0.717, 1.165) is 5.17 Å². The van der Waals surface area contributed by atoms with Gasteiger partial charge >= 0.3 is 6.16 Å². The normalized spacial score (nSPS) is 16.2. The monoisotopic (exact) mass is 148 g/mol. The van der Waals surface area contributed by atoms with Crippen molar-refractivity contribution in [2.45, 2.75) is 0 Å². The van der Waals surface area contributed by atoms with Gasteiger partial charge in [-0.05, 0) is 11.9 Å². The van der Waals surface area contributed by atoms with Crippen molar-refractivity contribution >= 4 is 18.1 Å². The zero-order chi connectivity index (χ0) is 6.69. The molecule has 5 nitrogen and oxygen atoms in total. The molecule has 0 amide bonds. The number of hydrogen-bond acceptors (Lipinski definition) is 5. The first-order valence-electron chi connectivity index (χ1n) is 2.07. The molecule has 0 saturated heterocycles. The molecule has 50 valence electrons. The van der Waals surface area contributed by atoms with E-state index < -0.39 is 6.16 Å². The SMILES string of the molecule is O=C(O)ON1C=CSN1. The van der Waals surface area contributed by atoms with Gasteiger partial charge in [-0.25, -0.2) is 4.79 Å². The van der Waals surface area contributed by atoms with Crippen LogP contribution in [0.2, 0.25) is 0 Å². The Hall–Kier alpha value is -0.880. The van der Waals surface area contributed by atoms with Crippen LogP contribution in [0.1, 0.15) is 0 Å². The van der Waals surface area contributed by atoms with Crippen molar-refractivity contribution < 1.29 is 14.7 Å². The average Bonchev–Trinajstić information content (AvgIpc) is 2.15. The van der Waals surface area contributed by atoms with Crippen LogP contribution >= 0.6 is 11.9 Å². The lowest BCUT2D eigenvalue weighted by atomic mass is 11.0. The molecule has 0 atom stereocenters. The Bertz CT molecular complexity index is 148. The standard InChI is InChI=1S/C3H4N2O3S/c6-3(7)8-5-1-2-9-4-5/h1-2,4H,(H,6,7). The van der Waals surface area contributed by atoms with Gasteiger partial charge in [0.25, 0.3) is 0 Å². The maximum atomic E-state index is 9.81. The minimum atomic E-state index is -1.34. The van der Waals surface area contributed by atoms with Crippen LogP contribution in [0.4, 0.5) is 4.79 Å². The number of nitrogens with zero attached hydrogens (tertiary/aromatic N) is 1. The molecule has 1 heterocycles. The van der Waals surface area contributed by atoms with Gasteiger partial charge in [-0.1, -0.05) is 0 Å². The summed E-state index contributed by atoms with van der Waals surface area (Å²) in [5, 5.41) is 10.7. The van der Waals surface area contributed by atoms with Crippen molar-refractivity contribution in [3.8, 4) is 0 Å². The summed E-state index contributed by atoms with van der Waals surface area (Å²) in [6.45, 7) is 0. The highest BCUT2D eigenvalue weighted by Gasteiger charge is 2.07. The first kappa shape index (κ1) is 6.24. The minimum absolute atomic E-state index is 0.993. The van der Waals surface area contributed by atoms with Crippen molar-refractivity contribution in [2.75, 3.05) is 0 Å². The van der Waals surface area contributed by atoms with Gasteiger partial charge in [-0.2, -0.15) is 0 Å². The van der Waals surface area contributed by atoms with Crippen molar-refractivity contribution in [1.82, 2.24) is 10.0 Å². The van der Waals surface area contributed by atoms with E-state index in [4.69, 9.17) is 5.11 Å². The molecule has 2 N–H and O–H groups in total. The van der Waals surface area contributed by atoms with Gasteiger partial charge < -0.3 is 5.11 Å². The Morgan fingerprint density at radius 1 is 1.89 bits per heavy atom.